The second-order valence-corrected chi connectivity index (χ2v) is 7.00. The van der Waals surface area contributed by atoms with Gasteiger partial charge < -0.3 is 4.74 Å². The summed E-state index contributed by atoms with van der Waals surface area (Å²) in [6, 6.07) is 9.53. The van der Waals surface area contributed by atoms with Gasteiger partial charge in [-0.1, -0.05) is 17.7 Å². The van der Waals surface area contributed by atoms with Gasteiger partial charge in [0.2, 0.25) is 0 Å². The first-order valence-corrected chi connectivity index (χ1v) is 8.75. The molecule has 0 aliphatic carbocycles. The third kappa shape index (κ3) is 2.87. The zero-order valence-electron chi connectivity index (χ0n) is 14.6. The molecule has 2 heterocycles. The van der Waals surface area contributed by atoms with Gasteiger partial charge in [0.1, 0.15) is 23.1 Å². The van der Waals surface area contributed by atoms with Crippen molar-refractivity contribution in [2.45, 2.75) is 25.5 Å². The lowest BCUT2D eigenvalue weighted by molar-refractivity contribution is 0.220. The van der Waals surface area contributed by atoms with E-state index in [1.165, 1.54) is 21.4 Å². The molecule has 2 aromatic carbocycles. The molecule has 0 unspecified atom stereocenters. The van der Waals surface area contributed by atoms with Crippen molar-refractivity contribution in [2.24, 2.45) is 0 Å². The smallest absolute Gasteiger partial charge is 0.351 e. The molecule has 0 bridgehead atoms. The van der Waals surface area contributed by atoms with E-state index in [9.17, 15) is 13.6 Å². The number of aromatic nitrogens is 3. The molecular formula is C19H16ClF2N3O2. The second-order valence-electron chi connectivity index (χ2n) is 6.57. The molecule has 0 saturated carbocycles. The van der Waals surface area contributed by atoms with Crippen LogP contribution >= 0.6 is 11.6 Å². The van der Waals surface area contributed by atoms with Crippen molar-refractivity contribution >= 4 is 11.6 Å². The zero-order chi connectivity index (χ0) is 19.3. The molecule has 140 valence electrons. The van der Waals surface area contributed by atoms with Crippen molar-refractivity contribution in [3.05, 3.63) is 81.0 Å². The van der Waals surface area contributed by atoms with Gasteiger partial charge in [0, 0.05) is 16.7 Å². The highest BCUT2D eigenvalue weighted by atomic mass is 35.5. The average molecular weight is 392 g/mol. The minimum Gasteiger partial charge on any atom is -0.362 e. The number of halogens is 3. The van der Waals surface area contributed by atoms with Crippen LogP contribution in [0.5, 0.6) is 0 Å². The Bertz CT molecular complexity index is 1070. The second kappa shape index (κ2) is 6.28. The number of nitrogens with zero attached hydrogens (tertiary/aromatic N) is 3. The van der Waals surface area contributed by atoms with Crippen molar-refractivity contribution in [3.63, 3.8) is 0 Å². The average Bonchev–Trinajstić information content (AvgIpc) is 3.36. The van der Waals surface area contributed by atoms with E-state index in [1.54, 1.807) is 38.1 Å². The molecule has 0 radical (unpaired) electrons. The molecule has 4 rings (SSSR count). The Morgan fingerprint density at radius 1 is 1.22 bits per heavy atom. The maximum Gasteiger partial charge on any atom is 0.351 e. The summed E-state index contributed by atoms with van der Waals surface area (Å²) in [5.74, 6) is -0.904. The summed E-state index contributed by atoms with van der Waals surface area (Å²) < 4.78 is 35.9. The highest BCUT2D eigenvalue weighted by Gasteiger charge is 2.54. The number of benzene rings is 2. The van der Waals surface area contributed by atoms with Gasteiger partial charge in [-0.05, 0) is 44.2 Å². The SMILES string of the molecule is Cc1nn(-c2ccc(Cl)cc2)c(=O)n1[C@H](C)[C@@]1(c2ccc(F)cc2F)CO1. The lowest BCUT2D eigenvalue weighted by atomic mass is 9.92. The van der Waals surface area contributed by atoms with Crippen LogP contribution in [-0.4, -0.2) is 21.0 Å². The van der Waals surface area contributed by atoms with Gasteiger partial charge in [-0.25, -0.2) is 13.6 Å². The molecule has 0 N–H and O–H groups in total. The van der Waals surface area contributed by atoms with E-state index in [0.29, 0.717) is 16.5 Å². The van der Waals surface area contributed by atoms with Crippen LogP contribution in [0.15, 0.2) is 47.3 Å². The van der Waals surface area contributed by atoms with Crippen molar-refractivity contribution in [2.75, 3.05) is 6.61 Å². The lowest BCUT2D eigenvalue weighted by Crippen LogP contribution is -2.33. The van der Waals surface area contributed by atoms with Gasteiger partial charge in [-0.15, -0.1) is 0 Å². The Morgan fingerprint density at radius 3 is 2.48 bits per heavy atom. The largest absolute Gasteiger partial charge is 0.362 e. The molecule has 5 nitrogen and oxygen atoms in total. The van der Waals surface area contributed by atoms with Crippen molar-refractivity contribution in [1.82, 2.24) is 14.3 Å². The normalized spacial score (nSPS) is 19.9. The van der Waals surface area contributed by atoms with Crippen molar-refractivity contribution < 1.29 is 13.5 Å². The number of epoxide rings is 1. The lowest BCUT2D eigenvalue weighted by Gasteiger charge is -2.22. The van der Waals surface area contributed by atoms with Gasteiger partial charge in [0.25, 0.3) is 0 Å². The third-order valence-corrected chi connectivity index (χ3v) is 5.21. The molecule has 1 saturated heterocycles. The number of hydrogen-bond donors (Lipinski definition) is 0. The van der Waals surface area contributed by atoms with Crippen LogP contribution in [0.4, 0.5) is 8.78 Å². The van der Waals surface area contributed by atoms with Crippen LogP contribution in [0.3, 0.4) is 0 Å². The Kier molecular flexibility index (Phi) is 4.16. The Morgan fingerprint density at radius 2 is 1.89 bits per heavy atom. The minimum atomic E-state index is -1.03. The first-order chi connectivity index (χ1) is 12.8. The highest BCUT2D eigenvalue weighted by Crippen LogP contribution is 2.48. The van der Waals surface area contributed by atoms with E-state index in [4.69, 9.17) is 16.3 Å². The summed E-state index contributed by atoms with van der Waals surface area (Å²) >= 11 is 5.90. The van der Waals surface area contributed by atoms with E-state index >= 15 is 0 Å². The Labute approximate surface area is 158 Å². The quantitative estimate of drug-likeness (QED) is 0.636. The third-order valence-electron chi connectivity index (χ3n) is 4.96. The first kappa shape index (κ1) is 17.9. The van der Waals surface area contributed by atoms with Gasteiger partial charge in [0.05, 0.1) is 18.3 Å². The van der Waals surface area contributed by atoms with E-state index in [0.717, 1.165) is 6.07 Å². The molecule has 3 aromatic rings. The fourth-order valence-corrected chi connectivity index (χ4v) is 3.54. The minimum absolute atomic E-state index is 0.224. The summed E-state index contributed by atoms with van der Waals surface area (Å²) in [6.07, 6.45) is 0. The zero-order valence-corrected chi connectivity index (χ0v) is 15.4. The molecule has 8 heteroatoms. The van der Waals surface area contributed by atoms with Gasteiger partial charge in [-0.3, -0.25) is 4.57 Å². The van der Waals surface area contributed by atoms with Crippen LogP contribution in [0, 0.1) is 18.6 Å². The molecule has 2 atom stereocenters. The molecule has 1 aromatic heterocycles. The fourth-order valence-electron chi connectivity index (χ4n) is 3.41. The topological polar surface area (TPSA) is 52.4 Å². The monoisotopic (exact) mass is 391 g/mol. The molecule has 0 amide bonds. The van der Waals surface area contributed by atoms with Crippen LogP contribution in [0.2, 0.25) is 5.02 Å². The summed E-state index contributed by atoms with van der Waals surface area (Å²) in [5.41, 5.74) is -0.612. The van der Waals surface area contributed by atoms with Gasteiger partial charge >= 0.3 is 5.69 Å². The van der Waals surface area contributed by atoms with Crippen molar-refractivity contribution in [3.8, 4) is 5.69 Å². The number of rotatable bonds is 4. The molecule has 1 fully saturated rings. The summed E-state index contributed by atoms with van der Waals surface area (Å²) in [7, 11) is 0. The molecular weight excluding hydrogens is 376 g/mol. The maximum absolute atomic E-state index is 14.3. The molecule has 27 heavy (non-hydrogen) atoms. The summed E-state index contributed by atoms with van der Waals surface area (Å²) in [4.78, 5) is 13.0. The standard InChI is InChI=1S/C19H16ClF2N3O2/c1-11(19(10-27-19)16-8-5-14(21)9-17(16)22)24-12(2)23-25(18(24)26)15-6-3-13(20)4-7-15/h3-9,11H,10H2,1-2H3/t11-,19-/m1/s1. The number of ether oxygens (including phenoxy) is 1. The molecule has 0 spiro atoms. The predicted molar refractivity (Wildman–Crippen MR) is 96.3 cm³/mol. The number of aryl methyl sites for hydroxylation is 1. The van der Waals surface area contributed by atoms with Gasteiger partial charge in [0.15, 0.2) is 0 Å². The van der Waals surface area contributed by atoms with E-state index in [1.807, 2.05) is 0 Å². The van der Waals surface area contributed by atoms with Crippen LogP contribution in [-0.2, 0) is 10.3 Å². The maximum atomic E-state index is 14.3. The van der Waals surface area contributed by atoms with Crippen LogP contribution < -0.4 is 5.69 Å². The van der Waals surface area contributed by atoms with Crippen molar-refractivity contribution in [1.29, 1.82) is 0 Å². The van der Waals surface area contributed by atoms with Crippen LogP contribution in [0.1, 0.15) is 24.4 Å². The predicted octanol–water partition coefficient (Wildman–Crippen LogP) is 3.76. The van der Waals surface area contributed by atoms with E-state index in [-0.39, 0.29) is 17.9 Å². The van der Waals surface area contributed by atoms with E-state index in [2.05, 4.69) is 5.10 Å². The van der Waals surface area contributed by atoms with Crippen LogP contribution in [0.25, 0.3) is 5.69 Å². The fraction of sp³-hybridized carbons (Fsp3) is 0.263. The number of hydrogen-bond acceptors (Lipinski definition) is 3. The van der Waals surface area contributed by atoms with Gasteiger partial charge in [-0.2, -0.15) is 9.78 Å². The summed E-state index contributed by atoms with van der Waals surface area (Å²) in [5, 5.41) is 4.87. The molecule has 1 aliphatic heterocycles. The first-order valence-electron chi connectivity index (χ1n) is 8.37. The Hall–Kier alpha value is -2.51. The summed E-state index contributed by atoms with van der Waals surface area (Å²) in [6.45, 7) is 3.69. The molecule has 1 aliphatic rings. The Balaban J connectivity index is 1.78. The highest BCUT2D eigenvalue weighted by molar-refractivity contribution is 6.30. The van der Waals surface area contributed by atoms with E-state index < -0.39 is 23.3 Å².